The van der Waals surface area contributed by atoms with E-state index in [0.717, 1.165) is 29.7 Å². The molecule has 4 rings (SSSR count). The van der Waals surface area contributed by atoms with Crippen molar-refractivity contribution in [3.8, 4) is 11.4 Å². The molecule has 0 unspecified atom stereocenters. The molecule has 166 valence electrons. The van der Waals surface area contributed by atoms with Gasteiger partial charge in [0.2, 0.25) is 17.6 Å². The van der Waals surface area contributed by atoms with Gasteiger partial charge < -0.3 is 19.3 Å². The van der Waals surface area contributed by atoms with E-state index in [1.54, 1.807) is 19.1 Å². The third-order valence-corrected chi connectivity index (χ3v) is 5.31. The Bertz CT molecular complexity index is 1240. The second-order valence-electron chi connectivity index (χ2n) is 8.11. The smallest absolute Gasteiger partial charge is 0.227 e. The van der Waals surface area contributed by atoms with Crippen LogP contribution in [-0.4, -0.2) is 46.2 Å². The van der Waals surface area contributed by atoms with Crippen molar-refractivity contribution in [2.45, 2.75) is 26.3 Å². The molecule has 1 N–H and O–H groups in total. The van der Waals surface area contributed by atoms with Crippen LogP contribution in [0.5, 0.6) is 0 Å². The van der Waals surface area contributed by atoms with Crippen LogP contribution in [0.15, 0.2) is 53.2 Å². The molecule has 0 fully saturated rings. The monoisotopic (exact) mass is 435 g/mol. The molecule has 0 saturated heterocycles. The molecule has 32 heavy (non-hydrogen) atoms. The highest BCUT2D eigenvalue weighted by Gasteiger charge is 2.12. The van der Waals surface area contributed by atoms with Crippen LogP contribution in [0, 0.1) is 12.7 Å². The summed E-state index contributed by atoms with van der Waals surface area (Å²) in [6, 6.07) is 12.7. The van der Waals surface area contributed by atoms with Crippen molar-refractivity contribution < 1.29 is 13.7 Å². The Labute approximate surface area is 185 Å². The van der Waals surface area contributed by atoms with E-state index in [9.17, 15) is 9.18 Å². The average Bonchev–Trinajstić information content (AvgIpc) is 3.39. The van der Waals surface area contributed by atoms with E-state index in [-0.39, 0.29) is 18.1 Å². The van der Waals surface area contributed by atoms with E-state index in [1.165, 1.54) is 6.07 Å². The predicted octanol–water partition coefficient (Wildman–Crippen LogP) is 4.27. The summed E-state index contributed by atoms with van der Waals surface area (Å²) in [6.07, 6.45) is 2.56. The normalized spacial score (nSPS) is 11.4. The first kappa shape index (κ1) is 21.7. The van der Waals surface area contributed by atoms with Crippen LogP contribution in [-0.2, 0) is 17.8 Å². The van der Waals surface area contributed by atoms with E-state index in [0.29, 0.717) is 29.3 Å². The third-order valence-electron chi connectivity index (χ3n) is 5.31. The first-order valence-electron chi connectivity index (χ1n) is 10.5. The van der Waals surface area contributed by atoms with Gasteiger partial charge in [-0.2, -0.15) is 4.98 Å². The summed E-state index contributed by atoms with van der Waals surface area (Å²) in [5.74, 6) is 0.184. The number of aromatic nitrogens is 3. The molecule has 0 atom stereocenters. The molecule has 0 radical (unpaired) electrons. The molecule has 0 bridgehead atoms. The highest BCUT2D eigenvalue weighted by atomic mass is 19.1. The molecule has 7 nitrogen and oxygen atoms in total. The number of fused-ring (bicyclic) bond motifs is 1. The van der Waals surface area contributed by atoms with Crippen LogP contribution in [0.1, 0.15) is 17.9 Å². The summed E-state index contributed by atoms with van der Waals surface area (Å²) >= 11 is 0. The summed E-state index contributed by atoms with van der Waals surface area (Å²) in [7, 11) is 4.10. The first-order valence-corrected chi connectivity index (χ1v) is 10.5. The number of carbonyl (C=O) groups is 1. The van der Waals surface area contributed by atoms with Crippen LogP contribution in [0.2, 0.25) is 0 Å². The van der Waals surface area contributed by atoms with Gasteiger partial charge >= 0.3 is 0 Å². The Morgan fingerprint density at radius 1 is 1.19 bits per heavy atom. The maximum absolute atomic E-state index is 13.8. The second kappa shape index (κ2) is 9.32. The maximum atomic E-state index is 13.8. The minimum absolute atomic E-state index is 0.141. The summed E-state index contributed by atoms with van der Waals surface area (Å²) in [6.45, 7) is 3.56. The molecule has 2 aromatic carbocycles. The lowest BCUT2D eigenvalue weighted by atomic mass is 10.1. The Morgan fingerprint density at radius 3 is 2.81 bits per heavy atom. The molecule has 0 aliphatic heterocycles. The highest BCUT2D eigenvalue weighted by Crippen LogP contribution is 2.22. The zero-order valence-corrected chi connectivity index (χ0v) is 18.4. The van der Waals surface area contributed by atoms with Gasteiger partial charge in [0.05, 0.1) is 0 Å². The number of carbonyl (C=O) groups excluding carboxylic acids is 1. The van der Waals surface area contributed by atoms with Gasteiger partial charge in [-0.25, -0.2) is 4.39 Å². The molecule has 1 amide bonds. The number of aryl methyl sites for hydroxylation is 2. The molecule has 4 aromatic rings. The number of rotatable bonds is 8. The summed E-state index contributed by atoms with van der Waals surface area (Å²) in [4.78, 5) is 18.8. The summed E-state index contributed by atoms with van der Waals surface area (Å²) < 4.78 is 21.2. The third kappa shape index (κ3) is 5.03. The fourth-order valence-corrected chi connectivity index (χ4v) is 3.43. The lowest BCUT2D eigenvalue weighted by Crippen LogP contribution is -2.17. The zero-order valence-electron chi connectivity index (χ0n) is 18.4. The number of benzene rings is 2. The number of amides is 1. The van der Waals surface area contributed by atoms with Crippen molar-refractivity contribution in [3.63, 3.8) is 0 Å². The van der Waals surface area contributed by atoms with Crippen molar-refractivity contribution in [1.82, 2.24) is 19.6 Å². The molecule has 8 heteroatoms. The predicted molar refractivity (Wildman–Crippen MR) is 122 cm³/mol. The highest BCUT2D eigenvalue weighted by molar-refractivity contribution is 5.94. The molecular formula is C24H26FN5O2. The van der Waals surface area contributed by atoms with Crippen LogP contribution in [0.25, 0.3) is 22.3 Å². The maximum Gasteiger partial charge on any atom is 0.227 e. The molecule has 2 heterocycles. The number of nitrogens with zero attached hydrogens (tertiary/aromatic N) is 4. The average molecular weight is 436 g/mol. The van der Waals surface area contributed by atoms with Gasteiger partial charge in [0.15, 0.2) is 0 Å². The van der Waals surface area contributed by atoms with E-state index in [4.69, 9.17) is 4.52 Å². The Balaban J connectivity index is 1.34. The van der Waals surface area contributed by atoms with Gasteiger partial charge in [0.25, 0.3) is 0 Å². The molecular weight excluding hydrogens is 409 g/mol. The van der Waals surface area contributed by atoms with Crippen LogP contribution in [0.4, 0.5) is 10.1 Å². The topological polar surface area (TPSA) is 76.2 Å². The minimum Gasteiger partial charge on any atom is -0.346 e. The Hall–Kier alpha value is -3.52. The number of hydrogen-bond donors (Lipinski definition) is 1. The Morgan fingerprint density at radius 2 is 2.03 bits per heavy atom. The van der Waals surface area contributed by atoms with Gasteiger partial charge in [-0.15, -0.1) is 0 Å². The largest absolute Gasteiger partial charge is 0.346 e. The van der Waals surface area contributed by atoms with Crippen LogP contribution in [0.3, 0.4) is 0 Å². The van der Waals surface area contributed by atoms with Crippen molar-refractivity contribution in [3.05, 3.63) is 65.9 Å². The fraction of sp³-hybridized carbons (Fsp3) is 0.292. The number of anilines is 1. The van der Waals surface area contributed by atoms with Crippen molar-refractivity contribution in [1.29, 1.82) is 0 Å². The minimum atomic E-state index is -0.321. The fourth-order valence-electron chi connectivity index (χ4n) is 3.43. The molecule has 0 aliphatic carbocycles. The molecule has 2 aromatic heterocycles. The summed E-state index contributed by atoms with van der Waals surface area (Å²) in [5.41, 5.74) is 2.97. The van der Waals surface area contributed by atoms with Gasteiger partial charge in [0, 0.05) is 54.3 Å². The van der Waals surface area contributed by atoms with Crippen molar-refractivity contribution >= 4 is 22.5 Å². The van der Waals surface area contributed by atoms with E-state index >= 15 is 0 Å². The van der Waals surface area contributed by atoms with Crippen LogP contribution >= 0.6 is 0 Å². The van der Waals surface area contributed by atoms with Gasteiger partial charge in [-0.1, -0.05) is 17.3 Å². The number of likely N-dealkylation sites (N-methyl/N-ethyl adjacent to an activating group) is 1. The van der Waals surface area contributed by atoms with Gasteiger partial charge in [0.1, 0.15) is 5.82 Å². The van der Waals surface area contributed by atoms with E-state index in [2.05, 4.69) is 51.3 Å². The lowest BCUT2D eigenvalue weighted by molar-refractivity contribution is -0.116. The Kier molecular flexibility index (Phi) is 6.32. The number of hydrogen-bond acceptors (Lipinski definition) is 5. The van der Waals surface area contributed by atoms with E-state index in [1.807, 2.05) is 18.2 Å². The summed E-state index contributed by atoms with van der Waals surface area (Å²) in [5, 5.41) is 7.89. The number of halogens is 1. The van der Waals surface area contributed by atoms with Crippen molar-refractivity contribution in [2.75, 3.05) is 26.0 Å². The lowest BCUT2D eigenvalue weighted by Gasteiger charge is -2.11. The van der Waals surface area contributed by atoms with Gasteiger partial charge in [-0.05, 0) is 56.9 Å². The second-order valence-corrected chi connectivity index (χ2v) is 8.11. The van der Waals surface area contributed by atoms with Gasteiger partial charge in [-0.3, -0.25) is 4.79 Å². The molecule has 0 saturated carbocycles. The quantitative estimate of drug-likeness (QED) is 0.447. The molecule has 0 spiro atoms. The van der Waals surface area contributed by atoms with Crippen LogP contribution < -0.4 is 5.32 Å². The number of nitrogens with one attached hydrogen (secondary N) is 1. The SMILES string of the molecule is Cc1ccc(-c2noc(CCC(=O)Nc3ccc4c(ccn4CCN(C)C)c3)n2)cc1F. The standard InChI is InChI=1S/C24H26FN5O2/c1-16-4-5-18(15-20(16)25)24-27-23(32-28-24)9-8-22(31)26-19-6-7-21-17(14-19)10-11-30(21)13-12-29(2)3/h4-7,10-11,14-15H,8-9,12-13H2,1-3H3,(H,26,31). The van der Waals surface area contributed by atoms with Crippen molar-refractivity contribution in [2.24, 2.45) is 0 Å². The van der Waals surface area contributed by atoms with E-state index < -0.39 is 0 Å². The first-order chi connectivity index (χ1) is 15.4. The zero-order chi connectivity index (χ0) is 22.7. The molecule has 0 aliphatic rings.